The van der Waals surface area contributed by atoms with Crippen LogP contribution in [0.1, 0.15) is 16.8 Å². The lowest BCUT2D eigenvalue weighted by molar-refractivity contribution is -0.131. The summed E-state index contributed by atoms with van der Waals surface area (Å²) in [6.45, 7) is 2.13. The molecule has 0 amide bonds. The second-order valence-corrected chi connectivity index (χ2v) is 4.45. The van der Waals surface area contributed by atoms with E-state index in [0.717, 1.165) is 17.2 Å². The number of carbonyl (C=O) groups is 1. The van der Waals surface area contributed by atoms with Crippen molar-refractivity contribution < 1.29 is 19.0 Å². The van der Waals surface area contributed by atoms with Gasteiger partial charge in [-0.15, -0.1) is 0 Å². The average molecular weight is 287 g/mol. The van der Waals surface area contributed by atoms with Gasteiger partial charge in [-0.1, -0.05) is 6.07 Å². The van der Waals surface area contributed by atoms with Crippen LogP contribution < -0.4 is 4.74 Å². The maximum absolute atomic E-state index is 13.2. The van der Waals surface area contributed by atoms with Gasteiger partial charge in [-0.3, -0.25) is 4.98 Å². The number of pyridine rings is 1. The normalized spacial score (nSPS) is 10.8. The first kappa shape index (κ1) is 14.7. The van der Waals surface area contributed by atoms with Crippen molar-refractivity contribution in [2.24, 2.45) is 0 Å². The number of aromatic nitrogens is 1. The van der Waals surface area contributed by atoms with Gasteiger partial charge in [0.25, 0.3) is 0 Å². The predicted octanol–water partition coefficient (Wildman–Crippen LogP) is 3.21. The Balaban J connectivity index is 2.00. The second-order valence-electron chi connectivity index (χ2n) is 4.45. The fourth-order valence-corrected chi connectivity index (χ4v) is 1.69. The Morgan fingerprint density at radius 3 is 2.86 bits per heavy atom. The molecule has 1 heterocycles. The van der Waals surface area contributed by atoms with Crippen LogP contribution in [0.3, 0.4) is 0 Å². The highest BCUT2D eigenvalue weighted by atomic mass is 19.1. The van der Waals surface area contributed by atoms with Gasteiger partial charge in [-0.05, 0) is 48.4 Å². The Hall–Kier alpha value is -2.69. The van der Waals surface area contributed by atoms with Crippen LogP contribution in [0, 0.1) is 12.7 Å². The number of hydrogen-bond acceptors (Lipinski definition) is 3. The van der Waals surface area contributed by atoms with Gasteiger partial charge < -0.3 is 9.84 Å². The molecule has 2 rings (SSSR count). The van der Waals surface area contributed by atoms with E-state index in [-0.39, 0.29) is 12.4 Å². The van der Waals surface area contributed by atoms with E-state index in [4.69, 9.17) is 9.84 Å². The number of carboxylic acids is 1. The van der Waals surface area contributed by atoms with E-state index in [9.17, 15) is 9.18 Å². The van der Waals surface area contributed by atoms with E-state index in [1.165, 1.54) is 24.4 Å². The molecule has 0 saturated heterocycles. The average Bonchev–Trinajstić information content (AvgIpc) is 2.47. The molecule has 0 spiro atoms. The van der Waals surface area contributed by atoms with Crippen molar-refractivity contribution in [2.75, 3.05) is 0 Å². The van der Waals surface area contributed by atoms with Gasteiger partial charge in [-0.2, -0.15) is 0 Å². The Morgan fingerprint density at radius 2 is 2.19 bits per heavy atom. The molecular weight excluding hydrogens is 273 g/mol. The lowest BCUT2D eigenvalue weighted by Gasteiger charge is -2.08. The molecule has 4 nitrogen and oxygen atoms in total. The van der Waals surface area contributed by atoms with E-state index in [1.807, 2.05) is 6.92 Å². The summed E-state index contributed by atoms with van der Waals surface area (Å²) in [5.41, 5.74) is 2.24. The number of aryl methyl sites for hydroxylation is 1. The summed E-state index contributed by atoms with van der Waals surface area (Å²) >= 11 is 0. The number of ether oxygens (including phenoxy) is 1. The minimum atomic E-state index is -1.03. The molecule has 0 aliphatic rings. The number of hydrogen-bond donors (Lipinski definition) is 1. The Morgan fingerprint density at radius 1 is 1.38 bits per heavy atom. The smallest absolute Gasteiger partial charge is 0.328 e. The van der Waals surface area contributed by atoms with Crippen LogP contribution in [0.25, 0.3) is 6.08 Å². The monoisotopic (exact) mass is 287 g/mol. The zero-order valence-electron chi connectivity index (χ0n) is 11.4. The second kappa shape index (κ2) is 6.65. The van der Waals surface area contributed by atoms with Crippen LogP contribution in [0.5, 0.6) is 5.75 Å². The van der Waals surface area contributed by atoms with E-state index < -0.39 is 5.97 Å². The summed E-state index contributed by atoms with van der Waals surface area (Å²) in [5.74, 6) is -0.795. The first-order chi connectivity index (χ1) is 10.0. The maximum atomic E-state index is 13.2. The summed E-state index contributed by atoms with van der Waals surface area (Å²) in [6.07, 6.45) is 3.90. The zero-order valence-corrected chi connectivity index (χ0v) is 11.4. The van der Waals surface area contributed by atoms with Gasteiger partial charge in [0, 0.05) is 6.08 Å². The Bertz CT molecular complexity index is 666. The Labute approximate surface area is 121 Å². The number of aliphatic carboxylic acids is 1. The summed E-state index contributed by atoms with van der Waals surface area (Å²) < 4.78 is 18.7. The lowest BCUT2D eigenvalue weighted by Crippen LogP contribution is -1.99. The van der Waals surface area contributed by atoms with Crippen molar-refractivity contribution in [2.45, 2.75) is 13.5 Å². The van der Waals surface area contributed by atoms with Crippen LogP contribution in [-0.2, 0) is 11.4 Å². The van der Waals surface area contributed by atoms with Crippen LogP contribution in [-0.4, -0.2) is 16.1 Å². The van der Waals surface area contributed by atoms with Crippen LogP contribution in [0.15, 0.2) is 42.6 Å². The maximum Gasteiger partial charge on any atom is 0.328 e. The van der Waals surface area contributed by atoms with Gasteiger partial charge in [0.05, 0.1) is 11.9 Å². The molecule has 1 N–H and O–H groups in total. The molecule has 0 aliphatic heterocycles. The molecule has 2 aromatic rings. The number of rotatable bonds is 5. The molecule has 0 fully saturated rings. The number of benzene rings is 1. The van der Waals surface area contributed by atoms with E-state index in [2.05, 4.69) is 4.98 Å². The topological polar surface area (TPSA) is 59.4 Å². The first-order valence-corrected chi connectivity index (χ1v) is 6.29. The molecule has 0 atom stereocenters. The molecular formula is C16H14FNO3. The molecule has 0 radical (unpaired) electrons. The minimum absolute atomic E-state index is 0.246. The van der Waals surface area contributed by atoms with Crippen LogP contribution in [0.2, 0.25) is 0 Å². The third-order valence-electron chi connectivity index (χ3n) is 2.86. The summed E-state index contributed by atoms with van der Waals surface area (Å²) in [7, 11) is 0. The van der Waals surface area contributed by atoms with E-state index >= 15 is 0 Å². The highest BCUT2D eigenvalue weighted by Gasteiger charge is 2.02. The number of nitrogens with zero attached hydrogens (tertiary/aromatic N) is 1. The minimum Gasteiger partial charge on any atom is -0.487 e. The lowest BCUT2D eigenvalue weighted by atomic mass is 10.1. The van der Waals surface area contributed by atoms with Crippen molar-refractivity contribution >= 4 is 12.0 Å². The van der Waals surface area contributed by atoms with Gasteiger partial charge >= 0.3 is 5.97 Å². The molecule has 0 saturated carbocycles. The molecule has 108 valence electrons. The quantitative estimate of drug-likeness (QED) is 0.858. The number of carboxylic acid groups (broad SMARTS) is 1. The van der Waals surface area contributed by atoms with Gasteiger partial charge in [0.2, 0.25) is 0 Å². The summed E-state index contributed by atoms with van der Waals surface area (Å²) in [4.78, 5) is 14.4. The summed E-state index contributed by atoms with van der Waals surface area (Å²) in [6, 6.07) is 7.87. The van der Waals surface area contributed by atoms with Crippen molar-refractivity contribution in [1.82, 2.24) is 4.98 Å². The molecule has 5 heteroatoms. The first-order valence-electron chi connectivity index (χ1n) is 6.29. The standard InChI is InChI=1S/C16H14FNO3/c1-11-2-3-13(17)8-12(11)10-21-15-6-4-14(18-9-15)5-7-16(19)20/h2-9H,10H2,1H3,(H,19,20)/b7-5+. The highest BCUT2D eigenvalue weighted by Crippen LogP contribution is 2.15. The third kappa shape index (κ3) is 4.42. The molecule has 0 bridgehead atoms. The van der Waals surface area contributed by atoms with E-state index in [1.54, 1.807) is 18.2 Å². The fraction of sp³-hybridized carbons (Fsp3) is 0.125. The summed E-state index contributed by atoms with van der Waals surface area (Å²) in [5, 5.41) is 8.52. The Kier molecular flexibility index (Phi) is 4.66. The molecule has 0 unspecified atom stereocenters. The zero-order chi connectivity index (χ0) is 15.2. The molecule has 0 aliphatic carbocycles. The molecule has 1 aromatic carbocycles. The van der Waals surface area contributed by atoms with Crippen LogP contribution in [0.4, 0.5) is 4.39 Å². The number of halogens is 1. The van der Waals surface area contributed by atoms with Crippen molar-refractivity contribution in [3.05, 3.63) is 65.2 Å². The van der Waals surface area contributed by atoms with Crippen molar-refractivity contribution in [1.29, 1.82) is 0 Å². The molecule has 21 heavy (non-hydrogen) atoms. The van der Waals surface area contributed by atoms with Crippen molar-refractivity contribution in [3.63, 3.8) is 0 Å². The largest absolute Gasteiger partial charge is 0.487 e. The highest BCUT2D eigenvalue weighted by molar-refractivity contribution is 5.84. The van der Waals surface area contributed by atoms with Gasteiger partial charge in [-0.25, -0.2) is 9.18 Å². The van der Waals surface area contributed by atoms with E-state index in [0.29, 0.717) is 11.4 Å². The van der Waals surface area contributed by atoms with Gasteiger partial charge in [0.15, 0.2) is 0 Å². The fourth-order valence-electron chi connectivity index (χ4n) is 1.69. The third-order valence-corrected chi connectivity index (χ3v) is 2.86. The predicted molar refractivity (Wildman–Crippen MR) is 76.4 cm³/mol. The van der Waals surface area contributed by atoms with Crippen molar-refractivity contribution in [3.8, 4) is 5.75 Å². The van der Waals surface area contributed by atoms with Gasteiger partial charge in [0.1, 0.15) is 18.2 Å². The molecule has 1 aromatic heterocycles. The SMILES string of the molecule is Cc1ccc(F)cc1COc1ccc(/C=C/C(=O)O)nc1. The van der Waals surface area contributed by atoms with Crippen LogP contribution >= 0.6 is 0 Å².